The van der Waals surface area contributed by atoms with Crippen LogP contribution in [0.25, 0.3) is 0 Å². The van der Waals surface area contributed by atoms with Gasteiger partial charge >= 0.3 is 0 Å². The fourth-order valence-electron chi connectivity index (χ4n) is 1.73. The van der Waals surface area contributed by atoms with Crippen molar-refractivity contribution < 1.29 is 4.74 Å². The van der Waals surface area contributed by atoms with Gasteiger partial charge in [-0.25, -0.2) is 0 Å². The minimum atomic E-state index is -0.0269. The summed E-state index contributed by atoms with van der Waals surface area (Å²) >= 11 is 19.4. The van der Waals surface area contributed by atoms with E-state index in [1.165, 1.54) is 0 Å². The topological polar surface area (TPSA) is 9.23 Å². The van der Waals surface area contributed by atoms with Crippen molar-refractivity contribution in [2.45, 2.75) is 4.83 Å². The molecule has 0 saturated heterocycles. The van der Waals surface area contributed by atoms with Crippen LogP contribution >= 0.6 is 55.1 Å². The van der Waals surface area contributed by atoms with Crippen molar-refractivity contribution in [1.82, 2.24) is 0 Å². The Kier molecular flexibility index (Phi) is 5.18. The first kappa shape index (κ1) is 15.2. The second-order valence-electron chi connectivity index (χ2n) is 3.92. The SMILES string of the molecule is COc1ccc(C(Br)c2cc(Cl)ccc2Cl)cc1Br. The van der Waals surface area contributed by atoms with Crippen molar-refractivity contribution in [2.24, 2.45) is 0 Å². The fraction of sp³-hybridized carbons (Fsp3) is 0.143. The van der Waals surface area contributed by atoms with Gasteiger partial charge in [-0.1, -0.05) is 45.2 Å². The predicted octanol–water partition coefficient (Wildman–Crippen LogP) is 6.25. The van der Waals surface area contributed by atoms with E-state index in [2.05, 4.69) is 31.9 Å². The van der Waals surface area contributed by atoms with E-state index < -0.39 is 0 Å². The molecular formula is C14H10Br2Cl2O. The van der Waals surface area contributed by atoms with Crippen molar-refractivity contribution in [3.8, 4) is 5.75 Å². The molecule has 19 heavy (non-hydrogen) atoms. The quantitative estimate of drug-likeness (QED) is 0.529. The summed E-state index contributed by atoms with van der Waals surface area (Å²) in [5.74, 6) is 0.792. The number of halogens is 4. The molecule has 1 nitrogen and oxygen atoms in total. The molecule has 1 unspecified atom stereocenters. The highest BCUT2D eigenvalue weighted by atomic mass is 79.9. The summed E-state index contributed by atoms with van der Waals surface area (Å²) in [6, 6.07) is 11.3. The summed E-state index contributed by atoms with van der Waals surface area (Å²) < 4.78 is 6.12. The molecule has 0 aromatic heterocycles. The van der Waals surface area contributed by atoms with Gasteiger partial charge in [0.25, 0.3) is 0 Å². The summed E-state index contributed by atoms with van der Waals surface area (Å²) in [7, 11) is 1.64. The van der Waals surface area contributed by atoms with E-state index in [1.54, 1.807) is 19.2 Å². The van der Waals surface area contributed by atoms with E-state index >= 15 is 0 Å². The first-order valence-electron chi connectivity index (χ1n) is 5.45. The summed E-state index contributed by atoms with van der Waals surface area (Å²) in [5, 5.41) is 1.34. The lowest BCUT2D eigenvalue weighted by Gasteiger charge is -2.14. The third kappa shape index (κ3) is 3.46. The maximum atomic E-state index is 6.21. The highest BCUT2D eigenvalue weighted by molar-refractivity contribution is 9.10. The number of methoxy groups -OCH3 is 1. The molecule has 0 heterocycles. The Labute approximate surface area is 139 Å². The number of rotatable bonds is 3. The number of benzene rings is 2. The average Bonchev–Trinajstić information content (AvgIpc) is 2.40. The first-order valence-corrected chi connectivity index (χ1v) is 7.92. The van der Waals surface area contributed by atoms with Crippen LogP contribution in [0.3, 0.4) is 0 Å². The van der Waals surface area contributed by atoms with Gasteiger partial charge in [0, 0.05) is 10.0 Å². The normalized spacial score (nSPS) is 12.3. The molecule has 0 fully saturated rings. The molecule has 2 rings (SSSR count). The molecule has 0 N–H and O–H groups in total. The van der Waals surface area contributed by atoms with E-state index in [0.717, 1.165) is 21.3 Å². The Morgan fingerprint density at radius 1 is 1.11 bits per heavy atom. The van der Waals surface area contributed by atoms with Gasteiger partial charge in [-0.2, -0.15) is 0 Å². The molecule has 0 radical (unpaired) electrons. The van der Waals surface area contributed by atoms with Crippen LogP contribution in [0.4, 0.5) is 0 Å². The van der Waals surface area contributed by atoms with Crippen LogP contribution in [0.2, 0.25) is 10.0 Å². The summed E-state index contributed by atoms with van der Waals surface area (Å²) in [6.07, 6.45) is 0. The van der Waals surface area contributed by atoms with Gasteiger partial charge in [-0.3, -0.25) is 0 Å². The predicted molar refractivity (Wildman–Crippen MR) is 87.9 cm³/mol. The maximum Gasteiger partial charge on any atom is 0.133 e. The van der Waals surface area contributed by atoms with Crippen molar-refractivity contribution in [3.05, 3.63) is 62.0 Å². The van der Waals surface area contributed by atoms with Crippen LogP contribution in [0.5, 0.6) is 5.75 Å². The summed E-state index contributed by atoms with van der Waals surface area (Å²) in [6.45, 7) is 0. The molecule has 0 amide bonds. The zero-order valence-electron chi connectivity index (χ0n) is 9.96. The number of ether oxygens (including phenoxy) is 1. The number of hydrogen-bond acceptors (Lipinski definition) is 1. The van der Waals surface area contributed by atoms with E-state index in [9.17, 15) is 0 Å². The Morgan fingerprint density at radius 3 is 2.47 bits per heavy atom. The molecule has 0 saturated carbocycles. The average molecular weight is 425 g/mol. The van der Waals surface area contributed by atoms with Gasteiger partial charge in [0.1, 0.15) is 5.75 Å². The summed E-state index contributed by atoms with van der Waals surface area (Å²) in [5.41, 5.74) is 2.00. The van der Waals surface area contributed by atoms with Crippen molar-refractivity contribution in [3.63, 3.8) is 0 Å². The van der Waals surface area contributed by atoms with Crippen LogP contribution in [-0.2, 0) is 0 Å². The smallest absolute Gasteiger partial charge is 0.133 e. The van der Waals surface area contributed by atoms with Gasteiger partial charge in [0.05, 0.1) is 16.4 Å². The Hall–Kier alpha value is -0.220. The van der Waals surface area contributed by atoms with E-state index in [4.69, 9.17) is 27.9 Å². The van der Waals surface area contributed by atoms with Crippen LogP contribution in [0.1, 0.15) is 16.0 Å². The highest BCUT2D eigenvalue weighted by Gasteiger charge is 2.15. The molecular weight excluding hydrogens is 415 g/mol. The van der Waals surface area contributed by atoms with Gasteiger partial charge in [0.15, 0.2) is 0 Å². The molecule has 0 bridgehead atoms. The van der Waals surface area contributed by atoms with Gasteiger partial charge in [-0.05, 0) is 57.4 Å². The molecule has 5 heteroatoms. The zero-order chi connectivity index (χ0) is 14.0. The molecule has 0 aliphatic carbocycles. The second kappa shape index (κ2) is 6.49. The van der Waals surface area contributed by atoms with Crippen LogP contribution in [0, 0.1) is 0 Å². The van der Waals surface area contributed by atoms with Crippen LogP contribution in [-0.4, -0.2) is 7.11 Å². The largest absolute Gasteiger partial charge is 0.496 e. The third-order valence-electron chi connectivity index (χ3n) is 2.70. The molecule has 1 atom stereocenters. The van der Waals surface area contributed by atoms with Crippen LogP contribution in [0.15, 0.2) is 40.9 Å². The van der Waals surface area contributed by atoms with E-state index in [0.29, 0.717) is 10.0 Å². The molecule has 2 aromatic rings. The fourth-order valence-corrected chi connectivity index (χ4v) is 3.49. The van der Waals surface area contributed by atoms with Crippen molar-refractivity contribution in [2.75, 3.05) is 7.11 Å². The second-order valence-corrected chi connectivity index (χ2v) is 6.54. The lowest BCUT2D eigenvalue weighted by Crippen LogP contribution is -1.95. The Morgan fingerprint density at radius 2 is 1.84 bits per heavy atom. The minimum Gasteiger partial charge on any atom is -0.496 e. The van der Waals surface area contributed by atoms with Gasteiger partial charge in [-0.15, -0.1) is 0 Å². The molecule has 2 aromatic carbocycles. The molecule has 100 valence electrons. The Bertz CT molecular complexity index is 602. The molecule has 0 aliphatic heterocycles. The number of hydrogen-bond donors (Lipinski definition) is 0. The monoisotopic (exact) mass is 422 g/mol. The Balaban J connectivity index is 2.41. The van der Waals surface area contributed by atoms with Crippen LogP contribution < -0.4 is 4.74 Å². The van der Waals surface area contributed by atoms with Crippen molar-refractivity contribution in [1.29, 1.82) is 0 Å². The molecule has 0 aliphatic rings. The first-order chi connectivity index (χ1) is 9.02. The highest BCUT2D eigenvalue weighted by Crippen LogP contribution is 2.39. The molecule has 0 spiro atoms. The lowest BCUT2D eigenvalue weighted by molar-refractivity contribution is 0.412. The summed E-state index contributed by atoms with van der Waals surface area (Å²) in [4.78, 5) is -0.0269. The lowest BCUT2D eigenvalue weighted by atomic mass is 10.0. The zero-order valence-corrected chi connectivity index (χ0v) is 14.6. The minimum absolute atomic E-state index is 0.0269. The van der Waals surface area contributed by atoms with E-state index in [-0.39, 0.29) is 4.83 Å². The third-order valence-corrected chi connectivity index (χ3v) is 4.92. The van der Waals surface area contributed by atoms with E-state index in [1.807, 2.05) is 24.3 Å². The standard InChI is InChI=1S/C14H10Br2Cl2O/c1-19-13-5-2-8(6-11(13)15)14(16)10-7-9(17)3-4-12(10)18/h2-7,14H,1H3. The number of alkyl halides is 1. The maximum absolute atomic E-state index is 6.21. The van der Waals surface area contributed by atoms with Gasteiger partial charge in [0.2, 0.25) is 0 Å². The van der Waals surface area contributed by atoms with Crippen molar-refractivity contribution >= 4 is 55.1 Å². The van der Waals surface area contributed by atoms with Gasteiger partial charge < -0.3 is 4.74 Å².